The predicted molar refractivity (Wildman–Crippen MR) is 70.7 cm³/mol. The zero-order valence-corrected chi connectivity index (χ0v) is 14.1. The minimum atomic E-state index is 0. The Hall–Kier alpha value is -0.530. The maximum atomic E-state index is 6.01. The van der Waals surface area contributed by atoms with E-state index >= 15 is 0 Å². The van der Waals surface area contributed by atoms with Crippen molar-refractivity contribution in [1.29, 1.82) is 0 Å². The monoisotopic (exact) mass is 384 g/mol. The first kappa shape index (κ1) is 17.5. The molecule has 1 aromatic carbocycles. The lowest BCUT2D eigenvalue weighted by Crippen LogP contribution is -3.00. The third kappa shape index (κ3) is 4.99. The maximum Gasteiger partial charge on any atom is 0.189 e. The fraction of sp³-hybridized carbons (Fsp3) is 0.417. The molecule has 0 fully saturated rings. The van der Waals surface area contributed by atoms with E-state index in [0.717, 1.165) is 0 Å². The number of ether oxygens (including phenoxy) is 2. The molecule has 0 bridgehead atoms. The second-order valence-electron chi connectivity index (χ2n) is 4.52. The number of methoxy groups -OCH3 is 2. The first-order valence-electron chi connectivity index (χ1n) is 5.15. The zero-order chi connectivity index (χ0) is 13.1. The molecule has 0 heterocycles. The number of hydrogen-bond donors (Lipinski definition) is 0. The van der Waals surface area contributed by atoms with Crippen molar-refractivity contribution in [1.82, 2.24) is 0 Å². The summed E-state index contributed by atoms with van der Waals surface area (Å²) < 4.78 is 11.0. The number of nitrogens with zero attached hydrogens (tertiary/aromatic N) is 2. The smallest absolute Gasteiger partial charge is 0.189 e. The summed E-state index contributed by atoms with van der Waals surface area (Å²) in [7, 11) is 9.21. The lowest BCUT2D eigenvalue weighted by molar-refractivity contribution is -0.769. The van der Waals surface area contributed by atoms with Crippen molar-refractivity contribution in [3.8, 4) is 11.5 Å². The molecule has 0 radical (unpaired) electrons. The van der Waals surface area contributed by atoms with E-state index in [1.165, 1.54) is 0 Å². The van der Waals surface area contributed by atoms with Gasteiger partial charge in [0, 0.05) is 12.1 Å². The summed E-state index contributed by atoms with van der Waals surface area (Å²) in [5.41, 5.74) is 0.696. The van der Waals surface area contributed by atoms with Crippen LogP contribution in [0.2, 0.25) is 5.02 Å². The molecule has 0 amide bonds. The van der Waals surface area contributed by atoms with Gasteiger partial charge in [-0.3, -0.25) is 4.48 Å². The van der Waals surface area contributed by atoms with E-state index in [2.05, 4.69) is 4.99 Å². The van der Waals surface area contributed by atoms with Crippen LogP contribution in [0.25, 0.3) is 0 Å². The van der Waals surface area contributed by atoms with Crippen LogP contribution in [0, 0.1) is 0 Å². The van der Waals surface area contributed by atoms with Crippen LogP contribution in [0.5, 0.6) is 11.5 Å². The van der Waals surface area contributed by atoms with Gasteiger partial charge in [-0.2, -0.15) is 4.99 Å². The number of rotatable bonds is 4. The van der Waals surface area contributed by atoms with Gasteiger partial charge in [0.2, 0.25) is 0 Å². The van der Waals surface area contributed by atoms with E-state index in [1.54, 1.807) is 26.4 Å². The normalized spacial score (nSPS) is 11.2. The van der Waals surface area contributed by atoms with Gasteiger partial charge >= 0.3 is 0 Å². The van der Waals surface area contributed by atoms with Gasteiger partial charge < -0.3 is 33.5 Å². The predicted octanol–water partition coefficient (Wildman–Crippen LogP) is -0.273. The van der Waals surface area contributed by atoms with Crippen LogP contribution >= 0.6 is 11.6 Å². The molecule has 6 heteroatoms. The van der Waals surface area contributed by atoms with Gasteiger partial charge in [-0.1, -0.05) is 11.6 Å². The molecule has 0 atom stereocenters. The summed E-state index contributed by atoms with van der Waals surface area (Å²) in [5.74, 6) is 1.21. The van der Waals surface area contributed by atoms with Crippen molar-refractivity contribution in [2.75, 3.05) is 35.4 Å². The minimum Gasteiger partial charge on any atom is -1.00 e. The van der Waals surface area contributed by atoms with Crippen molar-refractivity contribution in [2.45, 2.75) is 0 Å². The highest BCUT2D eigenvalue weighted by Crippen LogP contribution is 2.37. The van der Waals surface area contributed by atoms with Crippen LogP contribution < -0.4 is 33.5 Å². The van der Waals surface area contributed by atoms with Crippen molar-refractivity contribution in [3.63, 3.8) is 0 Å². The standard InChI is InChI=1S/C12H18ClN2O2.HI/c1-15(2,3)8-14-10-7-11(16-4)9(13)6-12(10)17-5;/h6-8H,1-5H3;1H/q+1;/p-1. The fourth-order valence-electron chi connectivity index (χ4n) is 1.18. The highest BCUT2D eigenvalue weighted by molar-refractivity contribution is 6.32. The average Bonchev–Trinajstić information content (AvgIpc) is 2.25. The fourth-order valence-corrected chi connectivity index (χ4v) is 1.41. The Bertz CT molecular complexity index is 431. The highest BCUT2D eigenvalue weighted by atomic mass is 127. The third-order valence-corrected chi connectivity index (χ3v) is 2.29. The summed E-state index contributed by atoms with van der Waals surface area (Å²) in [4.78, 5) is 4.38. The number of benzene rings is 1. The minimum absolute atomic E-state index is 0. The van der Waals surface area contributed by atoms with E-state index in [9.17, 15) is 0 Å². The summed E-state index contributed by atoms with van der Waals surface area (Å²) in [6.45, 7) is 0. The molecule has 1 aromatic rings. The number of halogens is 2. The van der Waals surface area contributed by atoms with Gasteiger partial charge in [-0.05, 0) is 0 Å². The molecule has 0 aromatic heterocycles. The van der Waals surface area contributed by atoms with Gasteiger partial charge in [-0.25, -0.2) is 0 Å². The second kappa shape index (κ2) is 7.16. The molecular weight excluding hydrogens is 367 g/mol. The molecule has 0 spiro atoms. The van der Waals surface area contributed by atoms with Crippen molar-refractivity contribution in [3.05, 3.63) is 17.2 Å². The van der Waals surface area contributed by atoms with Gasteiger partial charge in [0.25, 0.3) is 0 Å². The van der Waals surface area contributed by atoms with E-state index in [4.69, 9.17) is 21.1 Å². The van der Waals surface area contributed by atoms with Crippen molar-refractivity contribution < 1.29 is 37.9 Å². The van der Waals surface area contributed by atoms with Gasteiger partial charge in [0.15, 0.2) is 6.34 Å². The van der Waals surface area contributed by atoms with E-state index in [0.29, 0.717) is 26.7 Å². The lowest BCUT2D eigenvalue weighted by atomic mass is 10.3. The Morgan fingerprint density at radius 1 is 1.11 bits per heavy atom. The molecule has 0 N–H and O–H groups in total. The number of quaternary nitrogens is 1. The van der Waals surface area contributed by atoms with Crippen molar-refractivity contribution >= 4 is 23.6 Å². The number of hydrogen-bond acceptors (Lipinski definition) is 3. The first-order valence-corrected chi connectivity index (χ1v) is 5.53. The summed E-state index contributed by atoms with van der Waals surface area (Å²) >= 11 is 6.01. The van der Waals surface area contributed by atoms with E-state index < -0.39 is 0 Å². The molecule has 102 valence electrons. The third-order valence-electron chi connectivity index (χ3n) is 2.00. The van der Waals surface area contributed by atoms with Crippen LogP contribution in [-0.2, 0) is 0 Å². The van der Waals surface area contributed by atoms with Crippen LogP contribution in [-0.4, -0.2) is 46.2 Å². The molecule has 0 saturated heterocycles. The Morgan fingerprint density at radius 3 is 2.11 bits per heavy atom. The molecule has 4 nitrogen and oxygen atoms in total. The van der Waals surface area contributed by atoms with Gasteiger partial charge in [0.05, 0.1) is 40.4 Å². The van der Waals surface area contributed by atoms with Crippen LogP contribution in [0.15, 0.2) is 17.1 Å². The molecule has 18 heavy (non-hydrogen) atoms. The van der Waals surface area contributed by atoms with Crippen LogP contribution in [0.3, 0.4) is 0 Å². The Kier molecular flexibility index (Phi) is 6.94. The lowest BCUT2D eigenvalue weighted by Gasteiger charge is -2.16. The molecule has 0 aliphatic heterocycles. The maximum absolute atomic E-state index is 6.01. The topological polar surface area (TPSA) is 30.8 Å². The largest absolute Gasteiger partial charge is 1.00 e. The molecular formula is C12H18ClIN2O2. The second-order valence-corrected chi connectivity index (χ2v) is 4.93. The Morgan fingerprint density at radius 2 is 1.67 bits per heavy atom. The van der Waals surface area contributed by atoms with Gasteiger partial charge in [0.1, 0.15) is 17.2 Å². The average molecular weight is 385 g/mol. The van der Waals surface area contributed by atoms with Gasteiger partial charge in [-0.15, -0.1) is 0 Å². The molecule has 0 unspecified atom stereocenters. The highest BCUT2D eigenvalue weighted by Gasteiger charge is 2.10. The molecule has 1 rings (SSSR count). The molecule has 0 saturated carbocycles. The summed E-state index contributed by atoms with van der Waals surface area (Å²) in [6.07, 6.45) is 1.81. The quantitative estimate of drug-likeness (QED) is 0.310. The summed E-state index contributed by atoms with van der Waals surface area (Å²) in [6, 6.07) is 3.45. The number of aliphatic imine (C=N–C) groups is 1. The zero-order valence-electron chi connectivity index (χ0n) is 11.2. The van der Waals surface area contributed by atoms with Crippen LogP contribution in [0.4, 0.5) is 5.69 Å². The Balaban J connectivity index is 0.00000289. The molecule has 0 aliphatic rings. The Labute approximate surface area is 130 Å². The van der Waals surface area contributed by atoms with E-state index in [-0.39, 0.29) is 24.0 Å². The first-order chi connectivity index (χ1) is 7.87. The summed E-state index contributed by atoms with van der Waals surface area (Å²) in [5, 5.41) is 0.508. The van der Waals surface area contributed by atoms with E-state index in [1.807, 2.05) is 27.5 Å². The van der Waals surface area contributed by atoms with Crippen molar-refractivity contribution in [2.24, 2.45) is 4.99 Å². The van der Waals surface area contributed by atoms with Crippen LogP contribution in [0.1, 0.15) is 0 Å². The molecule has 0 aliphatic carbocycles. The SMILES string of the molecule is COc1cc(N=C[N+](C)(C)C)c(OC)cc1Cl.[I-].